The molecule has 2 unspecified atom stereocenters. The van der Waals surface area contributed by atoms with Gasteiger partial charge in [-0.25, -0.2) is 0 Å². The third kappa shape index (κ3) is 2.28. The van der Waals surface area contributed by atoms with Crippen LogP contribution in [0.15, 0.2) is 35.9 Å². The maximum atomic E-state index is 6.52. The number of alkyl halides is 2. The number of allylic oxidation sites excluding steroid dienone is 2. The van der Waals surface area contributed by atoms with Gasteiger partial charge in [-0.1, -0.05) is 42.8 Å². The minimum absolute atomic E-state index is 0.102. The molecule has 0 nitrogen and oxygen atoms in total. The van der Waals surface area contributed by atoms with Crippen molar-refractivity contribution in [2.75, 3.05) is 5.88 Å². The molecule has 1 aromatic rings. The Morgan fingerprint density at radius 3 is 2.56 bits per heavy atom. The largest absolute Gasteiger partial charge is 0.122 e. The van der Waals surface area contributed by atoms with Crippen LogP contribution in [0.5, 0.6) is 0 Å². The van der Waals surface area contributed by atoms with Crippen LogP contribution >= 0.6 is 23.2 Å². The van der Waals surface area contributed by atoms with Gasteiger partial charge in [-0.05, 0) is 29.9 Å². The zero-order chi connectivity index (χ0) is 11.5. The predicted molar refractivity (Wildman–Crippen MR) is 72.1 cm³/mol. The smallest absolute Gasteiger partial charge is 0.0616 e. The molecule has 0 aromatic heterocycles. The predicted octanol–water partition coefficient (Wildman–Crippen LogP) is 4.72. The fraction of sp³-hybridized carbons (Fsp3) is 0.429. The van der Waals surface area contributed by atoms with E-state index < -0.39 is 0 Å². The van der Waals surface area contributed by atoms with Gasteiger partial charge < -0.3 is 0 Å². The van der Waals surface area contributed by atoms with Gasteiger partial charge in [0.25, 0.3) is 0 Å². The van der Waals surface area contributed by atoms with Crippen LogP contribution in [0.2, 0.25) is 0 Å². The molecule has 86 valence electrons. The van der Waals surface area contributed by atoms with Gasteiger partial charge in [0.05, 0.1) is 5.38 Å². The molecule has 2 atom stereocenters. The zero-order valence-corrected chi connectivity index (χ0v) is 10.9. The lowest BCUT2D eigenvalue weighted by Gasteiger charge is -2.29. The lowest BCUT2D eigenvalue weighted by atomic mass is 9.82. The Balaban J connectivity index is 2.45. The van der Waals surface area contributed by atoms with Gasteiger partial charge in [-0.2, -0.15) is 0 Å². The quantitative estimate of drug-likeness (QED) is 0.671. The molecule has 0 fully saturated rings. The van der Waals surface area contributed by atoms with Gasteiger partial charge in [0, 0.05) is 5.88 Å². The summed E-state index contributed by atoms with van der Waals surface area (Å²) in [5, 5.41) is 0.102. The van der Waals surface area contributed by atoms with E-state index in [2.05, 4.69) is 31.2 Å². The SMILES string of the molecule is CC1CCC(CCl)=C(c2ccccc2)C1Cl. The van der Waals surface area contributed by atoms with E-state index in [4.69, 9.17) is 23.2 Å². The second-order valence-electron chi connectivity index (χ2n) is 4.43. The van der Waals surface area contributed by atoms with E-state index >= 15 is 0 Å². The molecule has 0 radical (unpaired) electrons. The summed E-state index contributed by atoms with van der Waals surface area (Å²) < 4.78 is 0. The lowest BCUT2D eigenvalue weighted by Crippen LogP contribution is -2.20. The highest BCUT2D eigenvalue weighted by molar-refractivity contribution is 6.28. The van der Waals surface area contributed by atoms with Crippen molar-refractivity contribution in [3.05, 3.63) is 41.5 Å². The highest BCUT2D eigenvalue weighted by Gasteiger charge is 2.27. The van der Waals surface area contributed by atoms with Crippen molar-refractivity contribution in [3.8, 4) is 0 Å². The van der Waals surface area contributed by atoms with E-state index in [1.165, 1.54) is 16.7 Å². The lowest BCUT2D eigenvalue weighted by molar-refractivity contribution is 0.530. The molecule has 2 heteroatoms. The highest BCUT2D eigenvalue weighted by atomic mass is 35.5. The van der Waals surface area contributed by atoms with Crippen molar-refractivity contribution >= 4 is 28.8 Å². The summed E-state index contributed by atoms with van der Waals surface area (Å²) in [4.78, 5) is 0. The number of halogens is 2. The number of hydrogen-bond acceptors (Lipinski definition) is 0. The molecule has 1 aliphatic carbocycles. The molecule has 0 spiro atoms. The second kappa shape index (κ2) is 5.25. The summed E-state index contributed by atoms with van der Waals surface area (Å²) in [6, 6.07) is 10.4. The van der Waals surface area contributed by atoms with Crippen LogP contribution in [0.4, 0.5) is 0 Å². The Hall–Kier alpha value is -0.460. The number of hydrogen-bond donors (Lipinski definition) is 0. The average molecular weight is 255 g/mol. The molecule has 0 saturated carbocycles. The average Bonchev–Trinajstić information content (AvgIpc) is 2.33. The molecule has 1 aromatic carbocycles. The first-order valence-electron chi connectivity index (χ1n) is 5.71. The molecule has 0 heterocycles. The van der Waals surface area contributed by atoms with Gasteiger partial charge in [0.1, 0.15) is 0 Å². The monoisotopic (exact) mass is 254 g/mol. The normalized spacial score (nSPS) is 25.9. The van der Waals surface area contributed by atoms with Crippen LogP contribution in [0.1, 0.15) is 25.3 Å². The Morgan fingerprint density at radius 2 is 1.94 bits per heavy atom. The Kier molecular flexibility index (Phi) is 3.94. The first-order chi connectivity index (χ1) is 7.74. The van der Waals surface area contributed by atoms with Crippen LogP contribution in [0.25, 0.3) is 5.57 Å². The fourth-order valence-electron chi connectivity index (χ4n) is 2.28. The fourth-order valence-corrected chi connectivity index (χ4v) is 2.97. The minimum atomic E-state index is 0.102. The molecule has 0 amide bonds. The summed E-state index contributed by atoms with van der Waals surface area (Å²) in [7, 11) is 0. The van der Waals surface area contributed by atoms with Gasteiger partial charge in [-0.3, -0.25) is 0 Å². The first kappa shape index (κ1) is 12.0. The van der Waals surface area contributed by atoms with Crippen molar-refractivity contribution in [1.82, 2.24) is 0 Å². The molecule has 0 N–H and O–H groups in total. The summed E-state index contributed by atoms with van der Waals surface area (Å²) >= 11 is 12.5. The Morgan fingerprint density at radius 1 is 1.25 bits per heavy atom. The van der Waals surface area contributed by atoms with Crippen LogP contribution in [0.3, 0.4) is 0 Å². The molecule has 16 heavy (non-hydrogen) atoms. The van der Waals surface area contributed by atoms with Crippen molar-refractivity contribution in [3.63, 3.8) is 0 Å². The maximum absolute atomic E-state index is 6.52. The van der Waals surface area contributed by atoms with Gasteiger partial charge in [0.15, 0.2) is 0 Å². The number of benzene rings is 1. The van der Waals surface area contributed by atoms with Crippen molar-refractivity contribution in [2.24, 2.45) is 5.92 Å². The third-order valence-corrected chi connectivity index (χ3v) is 4.27. The zero-order valence-electron chi connectivity index (χ0n) is 9.42. The topological polar surface area (TPSA) is 0 Å². The molecule has 0 saturated heterocycles. The Labute approximate surface area is 107 Å². The first-order valence-corrected chi connectivity index (χ1v) is 6.68. The summed E-state index contributed by atoms with van der Waals surface area (Å²) in [5.41, 5.74) is 3.80. The van der Waals surface area contributed by atoms with E-state index in [9.17, 15) is 0 Å². The molecular weight excluding hydrogens is 239 g/mol. The second-order valence-corrected chi connectivity index (χ2v) is 5.17. The minimum Gasteiger partial charge on any atom is -0.122 e. The van der Waals surface area contributed by atoms with Crippen molar-refractivity contribution in [2.45, 2.75) is 25.1 Å². The van der Waals surface area contributed by atoms with Crippen LogP contribution in [0, 0.1) is 5.92 Å². The van der Waals surface area contributed by atoms with Gasteiger partial charge >= 0.3 is 0 Å². The molecule has 0 aliphatic heterocycles. The summed E-state index contributed by atoms with van der Waals surface area (Å²) in [5.74, 6) is 1.13. The molecular formula is C14H16Cl2. The van der Waals surface area contributed by atoms with Crippen LogP contribution in [-0.4, -0.2) is 11.3 Å². The van der Waals surface area contributed by atoms with Crippen molar-refractivity contribution in [1.29, 1.82) is 0 Å². The van der Waals surface area contributed by atoms with E-state index in [1.54, 1.807) is 0 Å². The van der Waals surface area contributed by atoms with E-state index in [-0.39, 0.29) is 5.38 Å². The van der Waals surface area contributed by atoms with E-state index in [0.29, 0.717) is 11.8 Å². The standard InChI is InChI=1S/C14H16Cl2/c1-10-7-8-12(9-15)13(14(10)16)11-5-3-2-4-6-11/h2-6,10,14H,7-9H2,1H3. The van der Waals surface area contributed by atoms with E-state index in [1.807, 2.05) is 6.07 Å². The third-order valence-electron chi connectivity index (χ3n) is 3.30. The highest BCUT2D eigenvalue weighted by Crippen LogP contribution is 2.39. The van der Waals surface area contributed by atoms with Crippen LogP contribution < -0.4 is 0 Å². The van der Waals surface area contributed by atoms with Crippen LogP contribution in [-0.2, 0) is 0 Å². The molecule has 1 aliphatic rings. The summed E-state index contributed by atoms with van der Waals surface area (Å²) in [6.45, 7) is 2.21. The Bertz CT molecular complexity index is 381. The maximum Gasteiger partial charge on any atom is 0.0616 e. The summed E-state index contributed by atoms with van der Waals surface area (Å²) in [6.07, 6.45) is 2.23. The van der Waals surface area contributed by atoms with Crippen molar-refractivity contribution < 1.29 is 0 Å². The molecule has 0 bridgehead atoms. The van der Waals surface area contributed by atoms with E-state index in [0.717, 1.165) is 12.8 Å². The van der Waals surface area contributed by atoms with Gasteiger partial charge in [-0.15, -0.1) is 23.2 Å². The molecule has 2 rings (SSSR count). The number of rotatable bonds is 2. The van der Waals surface area contributed by atoms with Gasteiger partial charge in [0.2, 0.25) is 0 Å².